The molecule has 0 unspecified atom stereocenters. The van der Waals surface area contributed by atoms with Crippen LogP contribution in [0.15, 0.2) is 30.3 Å². The Balaban J connectivity index is 0.000001000. The van der Waals surface area contributed by atoms with Crippen LogP contribution in [0.1, 0.15) is 0 Å². The Morgan fingerprint density at radius 3 is 1.64 bits per heavy atom. The fraction of sp³-hybridized carbons (Fsp3) is 0. The van der Waals surface area contributed by atoms with E-state index in [0.717, 1.165) is 12.1 Å². The largest absolute Gasteiger partial charge is 1.00 e. The molecule has 0 atom stereocenters. The summed E-state index contributed by atoms with van der Waals surface area (Å²) in [5.41, 5.74) is -0.539. The minimum atomic E-state index is -4.80. The summed E-state index contributed by atoms with van der Waals surface area (Å²) in [7, 11) is 0. The second kappa shape index (κ2) is 4.99. The first kappa shape index (κ1) is 12.1. The predicted molar refractivity (Wildman–Crippen MR) is 35.2 cm³/mol. The standard InChI is InChI=1S/C6H5BF3.Cs/c8-7(9,10)6-4-2-1-3-5-6;/h1-5H;/q-1;+1. The Morgan fingerprint density at radius 2 is 1.36 bits per heavy atom. The molecule has 0 aromatic heterocycles. The summed E-state index contributed by atoms with van der Waals surface area (Å²) in [5.74, 6) is 0. The van der Waals surface area contributed by atoms with Gasteiger partial charge in [-0.3, -0.25) is 0 Å². The van der Waals surface area contributed by atoms with E-state index in [1.54, 1.807) is 6.07 Å². The molecule has 0 spiro atoms. The average Bonchev–Trinajstić information content (AvgIpc) is 1.88. The SMILES string of the molecule is F[B-](F)(F)c1ccccc1.[Cs+]. The van der Waals surface area contributed by atoms with Crippen LogP contribution >= 0.6 is 0 Å². The van der Waals surface area contributed by atoms with Crippen LogP contribution in [0.2, 0.25) is 0 Å². The summed E-state index contributed by atoms with van der Waals surface area (Å²) >= 11 is 0. The molecule has 0 aliphatic heterocycles. The molecule has 11 heavy (non-hydrogen) atoms. The first-order valence-electron chi connectivity index (χ1n) is 2.85. The molecule has 0 N–H and O–H groups in total. The molecule has 0 amide bonds. The van der Waals surface area contributed by atoms with Crippen LogP contribution in [0.5, 0.6) is 0 Å². The molecule has 0 radical (unpaired) electrons. The maximum Gasteiger partial charge on any atom is 1.00 e. The Labute approximate surface area is 122 Å². The maximum absolute atomic E-state index is 11.9. The summed E-state index contributed by atoms with van der Waals surface area (Å²) in [5, 5.41) is 0. The first-order valence-corrected chi connectivity index (χ1v) is 2.85. The van der Waals surface area contributed by atoms with Crippen LogP contribution in [0, 0.1) is 0 Å². The molecular weight excluding hydrogens is 273 g/mol. The van der Waals surface area contributed by atoms with Crippen molar-refractivity contribution in [3.63, 3.8) is 0 Å². The molecule has 0 aliphatic carbocycles. The minimum Gasteiger partial charge on any atom is -0.445 e. The molecular formula is C6H5BCsF3. The summed E-state index contributed by atoms with van der Waals surface area (Å²) in [6.07, 6.45) is 0. The molecule has 1 rings (SSSR count). The maximum atomic E-state index is 11.9. The van der Waals surface area contributed by atoms with E-state index < -0.39 is 12.4 Å². The van der Waals surface area contributed by atoms with Gasteiger partial charge >= 0.3 is 75.9 Å². The van der Waals surface area contributed by atoms with Gasteiger partial charge in [0, 0.05) is 0 Å². The third-order valence-corrected chi connectivity index (χ3v) is 1.18. The molecule has 0 saturated carbocycles. The van der Waals surface area contributed by atoms with E-state index >= 15 is 0 Å². The Hall–Kier alpha value is 1.13. The fourth-order valence-electron chi connectivity index (χ4n) is 0.671. The van der Waals surface area contributed by atoms with E-state index in [1.165, 1.54) is 12.1 Å². The quantitative estimate of drug-likeness (QED) is 0.563. The van der Waals surface area contributed by atoms with Crippen molar-refractivity contribution in [2.45, 2.75) is 0 Å². The van der Waals surface area contributed by atoms with Crippen molar-refractivity contribution in [2.24, 2.45) is 0 Å². The fourth-order valence-corrected chi connectivity index (χ4v) is 0.671. The average molecular weight is 278 g/mol. The second-order valence-corrected chi connectivity index (χ2v) is 1.99. The van der Waals surface area contributed by atoms with Crippen molar-refractivity contribution in [3.8, 4) is 0 Å². The topological polar surface area (TPSA) is 0 Å². The zero-order valence-corrected chi connectivity index (χ0v) is 12.4. The molecule has 0 bridgehead atoms. The molecule has 0 fully saturated rings. The number of rotatable bonds is 1. The van der Waals surface area contributed by atoms with E-state index in [-0.39, 0.29) is 68.9 Å². The molecule has 0 nitrogen and oxygen atoms in total. The van der Waals surface area contributed by atoms with Gasteiger partial charge in [0.05, 0.1) is 0 Å². The number of hydrogen-bond acceptors (Lipinski definition) is 0. The van der Waals surface area contributed by atoms with Crippen LogP contribution in [-0.2, 0) is 0 Å². The van der Waals surface area contributed by atoms with E-state index in [4.69, 9.17) is 0 Å². The van der Waals surface area contributed by atoms with Crippen molar-refractivity contribution in [1.29, 1.82) is 0 Å². The summed E-state index contributed by atoms with van der Waals surface area (Å²) in [6, 6.07) is 6.46. The molecule has 5 heteroatoms. The van der Waals surface area contributed by atoms with Crippen molar-refractivity contribution in [3.05, 3.63) is 30.3 Å². The second-order valence-electron chi connectivity index (χ2n) is 1.99. The predicted octanol–water partition coefficient (Wildman–Crippen LogP) is -1.25. The number of benzene rings is 1. The van der Waals surface area contributed by atoms with Crippen LogP contribution in [0.4, 0.5) is 12.9 Å². The van der Waals surface area contributed by atoms with Gasteiger partial charge in [0.1, 0.15) is 0 Å². The summed E-state index contributed by atoms with van der Waals surface area (Å²) in [4.78, 5) is 0. The minimum absolute atomic E-state index is 0. The molecule has 1 aromatic rings. The van der Waals surface area contributed by atoms with Gasteiger partial charge in [0.2, 0.25) is 0 Å². The number of halogens is 3. The normalized spacial score (nSPS) is 10.5. The molecule has 0 aliphatic rings. The molecule has 0 saturated heterocycles. The Kier molecular flexibility index (Phi) is 5.50. The van der Waals surface area contributed by atoms with Crippen molar-refractivity contribution >= 4 is 12.4 Å². The van der Waals surface area contributed by atoms with Crippen LogP contribution in [0.3, 0.4) is 0 Å². The van der Waals surface area contributed by atoms with Gasteiger partial charge in [0.25, 0.3) is 0 Å². The zero-order chi connectivity index (χ0) is 7.61. The van der Waals surface area contributed by atoms with Gasteiger partial charge < -0.3 is 12.9 Å². The van der Waals surface area contributed by atoms with Gasteiger partial charge in [-0.05, 0) is 0 Å². The van der Waals surface area contributed by atoms with Crippen molar-refractivity contribution in [1.82, 2.24) is 0 Å². The Morgan fingerprint density at radius 1 is 0.909 bits per heavy atom. The monoisotopic (exact) mass is 278 g/mol. The van der Waals surface area contributed by atoms with E-state index in [1.807, 2.05) is 0 Å². The summed E-state index contributed by atoms with van der Waals surface area (Å²) < 4.78 is 35.6. The van der Waals surface area contributed by atoms with Crippen LogP contribution in [-0.4, -0.2) is 6.98 Å². The van der Waals surface area contributed by atoms with Gasteiger partial charge in [0.15, 0.2) is 0 Å². The van der Waals surface area contributed by atoms with E-state index in [9.17, 15) is 12.9 Å². The van der Waals surface area contributed by atoms with Gasteiger partial charge in [-0.25, -0.2) is 0 Å². The van der Waals surface area contributed by atoms with Crippen LogP contribution < -0.4 is 74.4 Å². The first-order chi connectivity index (χ1) is 4.61. The number of hydrogen-bond donors (Lipinski definition) is 0. The van der Waals surface area contributed by atoms with E-state index in [2.05, 4.69) is 0 Å². The van der Waals surface area contributed by atoms with Gasteiger partial charge in [-0.2, -0.15) is 0 Å². The van der Waals surface area contributed by atoms with Crippen LogP contribution in [0.25, 0.3) is 0 Å². The third kappa shape index (κ3) is 4.05. The third-order valence-electron chi connectivity index (χ3n) is 1.18. The smallest absolute Gasteiger partial charge is 0.445 e. The Bertz CT molecular complexity index is 209. The van der Waals surface area contributed by atoms with Crippen molar-refractivity contribution < 1.29 is 81.8 Å². The molecule has 54 valence electrons. The van der Waals surface area contributed by atoms with Gasteiger partial charge in [-0.1, -0.05) is 30.3 Å². The van der Waals surface area contributed by atoms with Crippen molar-refractivity contribution in [2.75, 3.05) is 0 Å². The molecule has 0 heterocycles. The van der Waals surface area contributed by atoms with Gasteiger partial charge in [-0.15, -0.1) is 5.46 Å². The summed E-state index contributed by atoms with van der Waals surface area (Å²) in [6.45, 7) is -4.80. The van der Waals surface area contributed by atoms with E-state index in [0.29, 0.717) is 0 Å². The zero-order valence-electron chi connectivity index (χ0n) is 6.10. The molecule has 1 aromatic carbocycles.